The predicted molar refractivity (Wildman–Crippen MR) is 139 cm³/mol. The lowest BCUT2D eigenvalue weighted by Crippen LogP contribution is -2.73. The molecular formula is C29H39N3O3. The van der Waals surface area contributed by atoms with E-state index in [1.54, 1.807) is 12.1 Å². The molecule has 2 saturated heterocycles. The fourth-order valence-corrected chi connectivity index (χ4v) is 5.49. The molecule has 2 fully saturated rings. The fourth-order valence-electron chi connectivity index (χ4n) is 5.49. The summed E-state index contributed by atoms with van der Waals surface area (Å²) >= 11 is 0. The summed E-state index contributed by atoms with van der Waals surface area (Å²) < 4.78 is 0. The number of hydrogen-bond acceptors (Lipinski definition) is 4. The van der Waals surface area contributed by atoms with Crippen LogP contribution >= 0.6 is 0 Å². The van der Waals surface area contributed by atoms with Gasteiger partial charge in [0.2, 0.25) is 11.8 Å². The first-order valence-corrected chi connectivity index (χ1v) is 13.1. The second kappa shape index (κ2) is 10.8. The van der Waals surface area contributed by atoms with E-state index in [2.05, 4.69) is 55.3 Å². The van der Waals surface area contributed by atoms with Gasteiger partial charge in [-0.05, 0) is 66.5 Å². The number of phenols is 1. The van der Waals surface area contributed by atoms with Gasteiger partial charge in [0, 0.05) is 26.2 Å². The molecule has 0 saturated carbocycles. The molecule has 2 amide bonds. The second-order valence-electron chi connectivity index (χ2n) is 10.6. The third-order valence-electron chi connectivity index (χ3n) is 7.47. The molecule has 2 N–H and O–H groups in total. The highest BCUT2D eigenvalue weighted by molar-refractivity contribution is 6.00. The van der Waals surface area contributed by atoms with Crippen molar-refractivity contribution in [2.24, 2.45) is 5.92 Å². The Bertz CT molecular complexity index is 1030. The number of nitrogens with zero attached hydrogens (tertiary/aromatic N) is 2. The molecule has 188 valence electrons. The number of piperazine rings is 1. The zero-order valence-corrected chi connectivity index (χ0v) is 21.3. The SMILES string of the molecule is CCCCN1C(=O)C(CC(C)C)NC(=O)C12CCN(Cc1cccc(-c3ccc(O)cc3)c1)CC2. The van der Waals surface area contributed by atoms with Crippen molar-refractivity contribution < 1.29 is 14.7 Å². The summed E-state index contributed by atoms with van der Waals surface area (Å²) in [5, 5.41) is 12.7. The zero-order chi connectivity index (χ0) is 25.0. The van der Waals surface area contributed by atoms with Crippen LogP contribution in [0.1, 0.15) is 58.4 Å². The molecule has 2 aromatic carbocycles. The van der Waals surface area contributed by atoms with Crippen LogP contribution in [0.15, 0.2) is 48.5 Å². The van der Waals surface area contributed by atoms with Gasteiger partial charge in [0.1, 0.15) is 17.3 Å². The number of carbonyl (C=O) groups excluding carboxylic acids is 2. The normalized spacial score (nSPS) is 20.5. The molecule has 6 nitrogen and oxygen atoms in total. The van der Waals surface area contributed by atoms with E-state index in [-0.39, 0.29) is 17.6 Å². The Hall–Kier alpha value is -2.86. The second-order valence-corrected chi connectivity index (χ2v) is 10.6. The van der Waals surface area contributed by atoms with Crippen molar-refractivity contribution in [1.29, 1.82) is 0 Å². The molecule has 6 heteroatoms. The van der Waals surface area contributed by atoms with E-state index < -0.39 is 11.6 Å². The Balaban J connectivity index is 1.45. The topological polar surface area (TPSA) is 72.9 Å². The number of phenolic OH excluding ortho intramolecular Hbond substituents is 1. The Morgan fingerprint density at radius 3 is 2.43 bits per heavy atom. The molecule has 4 rings (SSSR count). The largest absolute Gasteiger partial charge is 0.508 e. The van der Waals surface area contributed by atoms with Gasteiger partial charge in [0.15, 0.2) is 0 Å². The van der Waals surface area contributed by atoms with Crippen LogP contribution in [0.3, 0.4) is 0 Å². The maximum atomic E-state index is 13.4. The minimum Gasteiger partial charge on any atom is -0.508 e. The maximum Gasteiger partial charge on any atom is 0.246 e. The van der Waals surface area contributed by atoms with Gasteiger partial charge >= 0.3 is 0 Å². The van der Waals surface area contributed by atoms with E-state index in [4.69, 9.17) is 0 Å². The lowest BCUT2D eigenvalue weighted by molar-refractivity contribution is -0.161. The number of aromatic hydroxyl groups is 1. The van der Waals surface area contributed by atoms with Crippen molar-refractivity contribution in [3.63, 3.8) is 0 Å². The first kappa shape index (κ1) is 25.2. The van der Waals surface area contributed by atoms with Crippen molar-refractivity contribution in [3.05, 3.63) is 54.1 Å². The van der Waals surface area contributed by atoms with Gasteiger partial charge in [-0.1, -0.05) is 57.5 Å². The molecule has 0 radical (unpaired) electrons. The number of hydrogen-bond donors (Lipinski definition) is 2. The molecule has 0 aromatic heterocycles. The molecule has 2 aliphatic rings. The van der Waals surface area contributed by atoms with E-state index in [0.717, 1.165) is 43.6 Å². The molecule has 1 unspecified atom stereocenters. The van der Waals surface area contributed by atoms with Crippen molar-refractivity contribution >= 4 is 11.8 Å². The van der Waals surface area contributed by atoms with E-state index in [1.165, 1.54) is 5.56 Å². The highest BCUT2D eigenvalue weighted by Gasteiger charge is 2.53. The quantitative estimate of drug-likeness (QED) is 0.584. The van der Waals surface area contributed by atoms with E-state index in [9.17, 15) is 14.7 Å². The van der Waals surface area contributed by atoms with E-state index >= 15 is 0 Å². The summed E-state index contributed by atoms with van der Waals surface area (Å²) in [6, 6.07) is 15.3. The average molecular weight is 478 g/mol. The van der Waals surface area contributed by atoms with Crippen molar-refractivity contribution in [2.45, 2.75) is 71.0 Å². The summed E-state index contributed by atoms with van der Waals surface area (Å²) in [5.74, 6) is 0.751. The van der Waals surface area contributed by atoms with E-state index in [1.807, 2.05) is 17.0 Å². The molecule has 2 aromatic rings. The standard InChI is InChI=1S/C29H39N3O3/c1-4-5-15-32-27(34)26(18-21(2)3)30-28(35)29(32)13-16-31(17-14-29)20-22-7-6-8-24(19-22)23-9-11-25(33)12-10-23/h6-12,19,21,26,33H,4-5,13-18,20H2,1-3H3,(H,30,35). The molecule has 2 aliphatic heterocycles. The van der Waals surface area contributed by atoms with Gasteiger partial charge in [-0.25, -0.2) is 0 Å². The van der Waals surface area contributed by atoms with Crippen LogP contribution in [0, 0.1) is 5.92 Å². The smallest absolute Gasteiger partial charge is 0.246 e. The summed E-state index contributed by atoms with van der Waals surface area (Å²) in [6.07, 6.45) is 3.94. The van der Waals surface area contributed by atoms with Crippen LogP contribution in [-0.2, 0) is 16.1 Å². The lowest BCUT2D eigenvalue weighted by atomic mass is 9.80. The molecule has 0 bridgehead atoms. The first-order chi connectivity index (χ1) is 16.8. The van der Waals surface area contributed by atoms with Gasteiger partial charge in [-0.2, -0.15) is 0 Å². The van der Waals surface area contributed by atoms with Crippen LogP contribution in [0.2, 0.25) is 0 Å². The van der Waals surface area contributed by atoms with E-state index in [0.29, 0.717) is 31.7 Å². The predicted octanol–water partition coefficient (Wildman–Crippen LogP) is 4.57. The zero-order valence-electron chi connectivity index (χ0n) is 21.3. The number of carbonyl (C=O) groups is 2. The van der Waals surface area contributed by atoms with Crippen LogP contribution in [0.25, 0.3) is 11.1 Å². The molecule has 2 heterocycles. The van der Waals surface area contributed by atoms with Gasteiger partial charge in [-0.15, -0.1) is 0 Å². The molecule has 1 spiro atoms. The van der Waals surface area contributed by atoms with Crippen molar-refractivity contribution in [2.75, 3.05) is 19.6 Å². The number of benzene rings is 2. The monoisotopic (exact) mass is 477 g/mol. The molecule has 35 heavy (non-hydrogen) atoms. The molecule has 1 atom stereocenters. The van der Waals surface area contributed by atoms with Crippen LogP contribution in [0.4, 0.5) is 0 Å². The summed E-state index contributed by atoms with van der Waals surface area (Å²) in [6.45, 7) is 9.34. The van der Waals surface area contributed by atoms with Crippen LogP contribution < -0.4 is 5.32 Å². The first-order valence-electron chi connectivity index (χ1n) is 13.1. The van der Waals surface area contributed by atoms with Gasteiger partial charge in [0.05, 0.1) is 0 Å². The van der Waals surface area contributed by atoms with Gasteiger partial charge in [-0.3, -0.25) is 14.5 Å². The molecular weight excluding hydrogens is 438 g/mol. The number of amides is 2. The lowest BCUT2D eigenvalue weighted by Gasteiger charge is -2.52. The highest BCUT2D eigenvalue weighted by Crippen LogP contribution is 2.35. The Morgan fingerprint density at radius 1 is 1.06 bits per heavy atom. The highest BCUT2D eigenvalue weighted by atomic mass is 16.3. The average Bonchev–Trinajstić information content (AvgIpc) is 2.84. The van der Waals surface area contributed by atoms with Crippen LogP contribution in [0.5, 0.6) is 5.75 Å². The van der Waals surface area contributed by atoms with Crippen molar-refractivity contribution in [3.8, 4) is 16.9 Å². The maximum absolute atomic E-state index is 13.4. The third kappa shape index (κ3) is 5.53. The minimum atomic E-state index is -0.718. The summed E-state index contributed by atoms with van der Waals surface area (Å²) in [7, 11) is 0. The number of rotatable bonds is 8. The Labute approximate surface area is 209 Å². The Morgan fingerprint density at radius 2 is 1.77 bits per heavy atom. The number of likely N-dealkylation sites (tertiary alicyclic amines) is 1. The number of nitrogens with one attached hydrogen (secondary N) is 1. The summed E-state index contributed by atoms with van der Waals surface area (Å²) in [4.78, 5) is 31.2. The van der Waals surface area contributed by atoms with Gasteiger partial charge in [0.25, 0.3) is 0 Å². The Kier molecular flexibility index (Phi) is 7.80. The number of unbranched alkanes of at least 4 members (excludes halogenated alkanes) is 1. The fraction of sp³-hybridized carbons (Fsp3) is 0.517. The molecule has 0 aliphatic carbocycles. The van der Waals surface area contributed by atoms with Gasteiger partial charge < -0.3 is 15.3 Å². The minimum absolute atomic E-state index is 0.0350. The number of piperidine rings is 1. The summed E-state index contributed by atoms with van der Waals surface area (Å²) in [5.41, 5.74) is 2.69. The van der Waals surface area contributed by atoms with Crippen LogP contribution in [-0.4, -0.2) is 57.9 Å². The third-order valence-corrected chi connectivity index (χ3v) is 7.47. The van der Waals surface area contributed by atoms with Crippen molar-refractivity contribution in [1.82, 2.24) is 15.1 Å².